The second-order valence-electron chi connectivity index (χ2n) is 8.76. The number of carbonyl (C=O) groups is 2. The summed E-state index contributed by atoms with van der Waals surface area (Å²) in [5, 5.41) is 0. The van der Waals surface area contributed by atoms with Crippen LogP contribution in [0.5, 0.6) is 0 Å². The lowest BCUT2D eigenvalue weighted by Gasteiger charge is -2.34. The second-order valence-corrected chi connectivity index (χ2v) is 9.77. The van der Waals surface area contributed by atoms with Crippen LogP contribution >= 0.6 is 11.3 Å². The topological polar surface area (TPSA) is 71.1 Å². The number of aryl methyl sites for hydroxylation is 1. The van der Waals surface area contributed by atoms with Crippen LogP contribution in [0.15, 0.2) is 70.3 Å². The Bertz CT molecular complexity index is 1430. The zero-order valence-electron chi connectivity index (χ0n) is 19.9. The number of hydrogen-bond acceptors (Lipinski definition) is 5. The summed E-state index contributed by atoms with van der Waals surface area (Å²) in [5.41, 5.74) is 3.81. The van der Waals surface area contributed by atoms with Gasteiger partial charge in [0, 0.05) is 31.7 Å². The van der Waals surface area contributed by atoms with E-state index in [4.69, 9.17) is 4.42 Å². The van der Waals surface area contributed by atoms with Crippen molar-refractivity contribution in [3.8, 4) is 0 Å². The Kier molecular flexibility index (Phi) is 6.66. The summed E-state index contributed by atoms with van der Waals surface area (Å²) in [7, 11) is 0. The maximum atomic E-state index is 13.2. The largest absolute Gasteiger partial charge is 0.459 e. The Labute approximate surface area is 207 Å². The zero-order chi connectivity index (χ0) is 24.4. The number of aromatic nitrogens is 1. The van der Waals surface area contributed by atoms with Crippen molar-refractivity contribution < 1.29 is 14.0 Å². The Balaban J connectivity index is 1.47. The fourth-order valence-electron chi connectivity index (χ4n) is 4.40. The molecule has 0 unspecified atom stereocenters. The van der Waals surface area contributed by atoms with E-state index in [1.54, 1.807) is 12.1 Å². The highest BCUT2D eigenvalue weighted by atomic mass is 32.1. The Morgan fingerprint density at radius 1 is 1.03 bits per heavy atom. The molecule has 2 amide bonds. The van der Waals surface area contributed by atoms with E-state index in [9.17, 15) is 9.59 Å². The predicted molar refractivity (Wildman–Crippen MR) is 137 cm³/mol. The minimum Gasteiger partial charge on any atom is -0.459 e. The molecular weight excluding hydrogens is 460 g/mol. The molecule has 1 saturated heterocycles. The van der Waals surface area contributed by atoms with Crippen molar-refractivity contribution in [1.29, 1.82) is 0 Å². The van der Waals surface area contributed by atoms with Gasteiger partial charge in [0.2, 0.25) is 0 Å². The second kappa shape index (κ2) is 10.0. The smallest absolute Gasteiger partial charge is 0.315 e. The van der Waals surface area contributed by atoms with Crippen LogP contribution in [-0.2, 0) is 6.54 Å². The minimum absolute atomic E-state index is 0.0660. The third-order valence-corrected chi connectivity index (χ3v) is 7.43. The Hall–Kier alpha value is -3.49. The van der Waals surface area contributed by atoms with Crippen LogP contribution < -0.4 is 4.80 Å². The van der Waals surface area contributed by atoms with E-state index in [0.29, 0.717) is 16.9 Å². The molecule has 0 saturated carbocycles. The van der Waals surface area contributed by atoms with Crippen LogP contribution in [-0.4, -0.2) is 58.9 Å². The summed E-state index contributed by atoms with van der Waals surface area (Å²) in [6.45, 7) is 9.02. The highest BCUT2D eigenvalue weighted by Crippen LogP contribution is 2.21. The van der Waals surface area contributed by atoms with Gasteiger partial charge in [0.1, 0.15) is 0 Å². The van der Waals surface area contributed by atoms with Crippen LogP contribution in [0.3, 0.4) is 0 Å². The third-order valence-electron chi connectivity index (χ3n) is 6.39. The van der Waals surface area contributed by atoms with E-state index in [0.717, 1.165) is 54.1 Å². The molecule has 180 valence electrons. The normalized spacial score (nSPS) is 15.1. The first-order valence-corrected chi connectivity index (χ1v) is 12.7. The summed E-state index contributed by atoms with van der Waals surface area (Å²) >= 11 is 1.47. The van der Waals surface area contributed by atoms with Gasteiger partial charge in [-0.1, -0.05) is 36.5 Å². The fourth-order valence-corrected chi connectivity index (χ4v) is 5.52. The molecule has 5 rings (SSSR count). The molecule has 7 nitrogen and oxygen atoms in total. The number of fused-ring (bicyclic) bond motifs is 1. The molecule has 1 fully saturated rings. The molecule has 0 aliphatic carbocycles. The standard InChI is InChI=1S/C27H28N4O3S/c1-3-29-11-13-30(14-12-29)26(33)21-7-4-6-20(17-21)18-31-22-10-9-19(2)16-24(22)35-27(31)28-25(32)23-8-5-15-34-23/h4-10,15-17H,3,11-14,18H2,1-2H3. The molecule has 2 aromatic carbocycles. The van der Waals surface area contributed by atoms with Gasteiger partial charge in [-0.05, 0) is 61.0 Å². The van der Waals surface area contributed by atoms with Gasteiger partial charge < -0.3 is 18.8 Å². The van der Waals surface area contributed by atoms with Gasteiger partial charge in [-0.15, -0.1) is 0 Å². The maximum absolute atomic E-state index is 13.2. The molecule has 0 bridgehead atoms. The van der Waals surface area contributed by atoms with Crippen molar-refractivity contribution >= 4 is 33.4 Å². The monoisotopic (exact) mass is 488 g/mol. The van der Waals surface area contributed by atoms with Crippen molar-refractivity contribution in [3.05, 3.63) is 88.1 Å². The van der Waals surface area contributed by atoms with Gasteiger partial charge in [0.05, 0.1) is 23.0 Å². The average molecular weight is 489 g/mol. The molecule has 2 aromatic heterocycles. The average Bonchev–Trinajstić information content (AvgIpc) is 3.53. The van der Waals surface area contributed by atoms with Crippen molar-refractivity contribution in [1.82, 2.24) is 14.4 Å². The zero-order valence-corrected chi connectivity index (χ0v) is 20.8. The number of benzene rings is 2. The lowest BCUT2D eigenvalue weighted by Crippen LogP contribution is -2.48. The summed E-state index contributed by atoms with van der Waals surface area (Å²) in [6.07, 6.45) is 1.47. The van der Waals surface area contributed by atoms with Crippen LogP contribution in [0.4, 0.5) is 0 Å². The van der Waals surface area contributed by atoms with E-state index in [1.807, 2.05) is 40.7 Å². The first kappa shape index (κ1) is 23.3. The number of likely N-dealkylation sites (N-methyl/N-ethyl adjacent to an activating group) is 1. The molecule has 35 heavy (non-hydrogen) atoms. The van der Waals surface area contributed by atoms with E-state index in [-0.39, 0.29) is 11.7 Å². The van der Waals surface area contributed by atoms with Gasteiger partial charge >= 0.3 is 5.91 Å². The lowest BCUT2D eigenvalue weighted by molar-refractivity contribution is 0.0643. The number of piperazine rings is 1. The molecule has 8 heteroatoms. The SMILES string of the molecule is CCN1CCN(C(=O)c2cccc(Cn3c(=NC(=O)c4ccco4)sc4cc(C)ccc43)c2)CC1. The van der Waals surface area contributed by atoms with Gasteiger partial charge in [0.25, 0.3) is 5.91 Å². The summed E-state index contributed by atoms with van der Waals surface area (Å²) in [4.78, 5) is 35.1. The molecule has 1 aliphatic rings. The van der Waals surface area contributed by atoms with Gasteiger partial charge in [-0.3, -0.25) is 9.59 Å². The molecule has 1 aliphatic heterocycles. The van der Waals surface area contributed by atoms with E-state index in [2.05, 4.69) is 35.0 Å². The summed E-state index contributed by atoms with van der Waals surface area (Å²) in [5.74, 6) is -0.139. The molecular formula is C27H28N4O3S. The van der Waals surface area contributed by atoms with Gasteiger partial charge in [-0.25, -0.2) is 0 Å². The summed E-state index contributed by atoms with van der Waals surface area (Å²) in [6, 6.07) is 17.3. The van der Waals surface area contributed by atoms with Crippen molar-refractivity contribution in [3.63, 3.8) is 0 Å². The molecule has 0 spiro atoms. The Morgan fingerprint density at radius 2 is 1.86 bits per heavy atom. The van der Waals surface area contributed by atoms with Crippen molar-refractivity contribution in [2.75, 3.05) is 32.7 Å². The van der Waals surface area contributed by atoms with E-state index >= 15 is 0 Å². The van der Waals surface area contributed by atoms with Gasteiger partial charge in [-0.2, -0.15) is 4.99 Å². The number of rotatable bonds is 5. The van der Waals surface area contributed by atoms with Crippen LogP contribution in [0, 0.1) is 6.92 Å². The van der Waals surface area contributed by atoms with Crippen LogP contribution in [0.1, 0.15) is 39.0 Å². The molecule has 0 atom stereocenters. The third kappa shape index (κ3) is 4.99. The first-order valence-electron chi connectivity index (χ1n) is 11.8. The predicted octanol–water partition coefficient (Wildman–Crippen LogP) is 4.17. The van der Waals surface area contributed by atoms with Crippen LogP contribution in [0.25, 0.3) is 10.2 Å². The minimum atomic E-state index is -0.415. The highest BCUT2D eigenvalue weighted by Gasteiger charge is 2.21. The van der Waals surface area contributed by atoms with Crippen LogP contribution in [0.2, 0.25) is 0 Å². The summed E-state index contributed by atoms with van der Waals surface area (Å²) < 4.78 is 8.32. The fraction of sp³-hybridized carbons (Fsp3) is 0.296. The molecule has 0 N–H and O–H groups in total. The first-order chi connectivity index (χ1) is 17.0. The van der Waals surface area contributed by atoms with Gasteiger partial charge in [0.15, 0.2) is 10.6 Å². The maximum Gasteiger partial charge on any atom is 0.315 e. The molecule has 4 aromatic rings. The Morgan fingerprint density at radius 3 is 2.60 bits per heavy atom. The number of nitrogens with zero attached hydrogens (tertiary/aromatic N) is 4. The van der Waals surface area contributed by atoms with E-state index < -0.39 is 5.91 Å². The number of thiazole rings is 1. The molecule has 3 heterocycles. The van der Waals surface area contributed by atoms with E-state index in [1.165, 1.54) is 17.6 Å². The quantitative estimate of drug-likeness (QED) is 0.423. The number of furan rings is 1. The molecule has 0 radical (unpaired) electrons. The number of amides is 2. The highest BCUT2D eigenvalue weighted by molar-refractivity contribution is 7.16. The lowest BCUT2D eigenvalue weighted by atomic mass is 10.1. The van der Waals surface area contributed by atoms with Crippen molar-refractivity contribution in [2.45, 2.75) is 20.4 Å². The number of hydrogen-bond donors (Lipinski definition) is 0. The van der Waals surface area contributed by atoms with Crippen molar-refractivity contribution in [2.24, 2.45) is 4.99 Å². The number of carbonyl (C=O) groups excluding carboxylic acids is 2.